The number of hydrogen-bond acceptors (Lipinski definition) is 4. The van der Waals surface area contributed by atoms with Crippen LogP contribution in [0.2, 0.25) is 0 Å². The third-order valence-corrected chi connectivity index (χ3v) is 4.54. The lowest BCUT2D eigenvalue weighted by Crippen LogP contribution is -2.32. The molecular weight excluding hydrogens is 290 g/mol. The first-order valence-corrected chi connectivity index (χ1v) is 8.49. The Balaban J connectivity index is 1.58. The summed E-state index contributed by atoms with van der Waals surface area (Å²) in [6, 6.07) is 1.81. The van der Waals surface area contributed by atoms with Crippen LogP contribution < -0.4 is 5.32 Å². The summed E-state index contributed by atoms with van der Waals surface area (Å²) in [5.41, 5.74) is 1.31. The number of hydrogen-bond donors (Lipinski definition) is 1. The number of nitrogens with one attached hydrogen (secondary N) is 1. The molecule has 6 heteroatoms. The Morgan fingerprint density at radius 1 is 1.48 bits per heavy atom. The first-order valence-electron chi connectivity index (χ1n) is 8.49. The lowest BCUT2D eigenvalue weighted by atomic mass is 10.1. The summed E-state index contributed by atoms with van der Waals surface area (Å²) in [6.45, 7) is 8.23. The van der Waals surface area contributed by atoms with Crippen LogP contribution >= 0.6 is 0 Å². The SMILES string of the molecule is CCCCN1CCC(CNC(=O)c2c(C)nc3ncccn23)C1. The van der Waals surface area contributed by atoms with Crippen LogP contribution in [0.25, 0.3) is 5.78 Å². The molecule has 1 atom stereocenters. The topological polar surface area (TPSA) is 62.5 Å². The van der Waals surface area contributed by atoms with Crippen LogP contribution in [0, 0.1) is 12.8 Å². The molecule has 1 fully saturated rings. The predicted molar refractivity (Wildman–Crippen MR) is 89.5 cm³/mol. The molecule has 2 aromatic rings. The lowest BCUT2D eigenvalue weighted by molar-refractivity contribution is 0.0940. The van der Waals surface area contributed by atoms with E-state index < -0.39 is 0 Å². The van der Waals surface area contributed by atoms with E-state index in [1.165, 1.54) is 19.4 Å². The molecule has 3 heterocycles. The number of carbonyl (C=O) groups excluding carboxylic acids is 1. The quantitative estimate of drug-likeness (QED) is 0.884. The van der Waals surface area contributed by atoms with Gasteiger partial charge in [0.15, 0.2) is 0 Å². The van der Waals surface area contributed by atoms with E-state index in [0.717, 1.165) is 31.7 Å². The summed E-state index contributed by atoms with van der Waals surface area (Å²) in [7, 11) is 0. The fourth-order valence-electron chi connectivity index (χ4n) is 3.26. The summed E-state index contributed by atoms with van der Waals surface area (Å²) in [4.78, 5) is 23.6. The summed E-state index contributed by atoms with van der Waals surface area (Å²) in [6.07, 6.45) is 7.18. The molecule has 1 saturated heterocycles. The molecule has 1 amide bonds. The van der Waals surface area contributed by atoms with Crippen molar-refractivity contribution in [1.82, 2.24) is 24.6 Å². The van der Waals surface area contributed by atoms with Gasteiger partial charge in [-0.15, -0.1) is 0 Å². The molecule has 0 radical (unpaired) electrons. The van der Waals surface area contributed by atoms with Crippen molar-refractivity contribution in [1.29, 1.82) is 0 Å². The molecule has 1 N–H and O–H groups in total. The normalized spacial score (nSPS) is 18.6. The van der Waals surface area contributed by atoms with Crippen molar-refractivity contribution >= 4 is 11.7 Å². The smallest absolute Gasteiger partial charge is 0.270 e. The van der Waals surface area contributed by atoms with Crippen LogP contribution in [0.15, 0.2) is 18.5 Å². The number of imidazole rings is 1. The van der Waals surface area contributed by atoms with Gasteiger partial charge in [-0.1, -0.05) is 13.3 Å². The van der Waals surface area contributed by atoms with E-state index in [0.29, 0.717) is 17.4 Å². The van der Waals surface area contributed by atoms with Crippen LogP contribution in [0.4, 0.5) is 0 Å². The van der Waals surface area contributed by atoms with Gasteiger partial charge in [0.25, 0.3) is 5.91 Å². The van der Waals surface area contributed by atoms with Crippen LogP contribution in [0.5, 0.6) is 0 Å². The molecule has 0 aliphatic carbocycles. The van der Waals surface area contributed by atoms with E-state index >= 15 is 0 Å². The number of aryl methyl sites for hydroxylation is 1. The highest BCUT2D eigenvalue weighted by Gasteiger charge is 2.23. The summed E-state index contributed by atoms with van der Waals surface area (Å²) in [5, 5.41) is 3.08. The lowest BCUT2D eigenvalue weighted by Gasteiger charge is -2.15. The van der Waals surface area contributed by atoms with Crippen molar-refractivity contribution in [3.63, 3.8) is 0 Å². The highest BCUT2D eigenvalue weighted by Crippen LogP contribution is 2.16. The Hall–Kier alpha value is -1.95. The zero-order valence-corrected chi connectivity index (χ0v) is 14.0. The first kappa shape index (κ1) is 15.9. The van der Waals surface area contributed by atoms with Gasteiger partial charge in [-0.05, 0) is 44.8 Å². The Kier molecular flexibility index (Phi) is 4.91. The molecule has 124 valence electrons. The van der Waals surface area contributed by atoms with Crippen molar-refractivity contribution in [2.45, 2.75) is 33.1 Å². The Bertz CT molecular complexity index is 681. The molecular formula is C17H25N5O. The third-order valence-electron chi connectivity index (χ3n) is 4.54. The minimum Gasteiger partial charge on any atom is -0.350 e. The van der Waals surface area contributed by atoms with Gasteiger partial charge in [-0.2, -0.15) is 0 Å². The van der Waals surface area contributed by atoms with Crippen LogP contribution in [-0.4, -0.2) is 51.4 Å². The molecule has 0 bridgehead atoms. The van der Waals surface area contributed by atoms with Crippen molar-refractivity contribution < 1.29 is 4.79 Å². The second-order valence-electron chi connectivity index (χ2n) is 6.35. The molecule has 0 saturated carbocycles. The van der Waals surface area contributed by atoms with E-state index in [1.54, 1.807) is 10.6 Å². The van der Waals surface area contributed by atoms with Crippen molar-refractivity contribution in [2.75, 3.05) is 26.2 Å². The zero-order chi connectivity index (χ0) is 16.2. The van der Waals surface area contributed by atoms with Crippen molar-refractivity contribution in [3.8, 4) is 0 Å². The molecule has 0 spiro atoms. The molecule has 23 heavy (non-hydrogen) atoms. The van der Waals surface area contributed by atoms with Crippen LogP contribution in [0.1, 0.15) is 42.4 Å². The number of carbonyl (C=O) groups is 1. The van der Waals surface area contributed by atoms with E-state index in [9.17, 15) is 4.79 Å². The number of aromatic nitrogens is 3. The molecule has 3 rings (SSSR count). The first-order chi connectivity index (χ1) is 11.2. The standard InChI is InChI=1S/C17H25N5O/c1-3-4-8-21-10-6-14(12-21)11-19-16(23)15-13(2)20-17-18-7-5-9-22(15)17/h5,7,9,14H,3-4,6,8,10-12H2,1-2H3,(H,19,23). The summed E-state index contributed by atoms with van der Waals surface area (Å²) < 4.78 is 1.76. The minimum atomic E-state index is -0.0602. The second-order valence-corrected chi connectivity index (χ2v) is 6.35. The van der Waals surface area contributed by atoms with Gasteiger partial charge in [0.05, 0.1) is 5.69 Å². The number of fused-ring (bicyclic) bond motifs is 1. The average molecular weight is 315 g/mol. The van der Waals surface area contributed by atoms with Crippen molar-refractivity contribution in [2.24, 2.45) is 5.92 Å². The number of nitrogens with zero attached hydrogens (tertiary/aromatic N) is 4. The van der Waals surface area contributed by atoms with Gasteiger partial charge in [0.2, 0.25) is 5.78 Å². The maximum absolute atomic E-state index is 12.5. The number of unbranched alkanes of at least 4 members (excludes halogenated alkanes) is 1. The highest BCUT2D eigenvalue weighted by molar-refractivity contribution is 5.94. The van der Waals surface area contributed by atoms with E-state index in [-0.39, 0.29) is 5.91 Å². The average Bonchev–Trinajstić information content (AvgIpc) is 3.13. The Morgan fingerprint density at radius 3 is 3.17 bits per heavy atom. The fraction of sp³-hybridized carbons (Fsp3) is 0.588. The molecule has 1 aliphatic heterocycles. The van der Waals surface area contributed by atoms with Crippen molar-refractivity contribution in [3.05, 3.63) is 29.8 Å². The van der Waals surface area contributed by atoms with Gasteiger partial charge < -0.3 is 10.2 Å². The number of rotatable bonds is 6. The molecule has 0 aromatic carbocycles. The highest BCUT2D eigenvalue weighted by atomic mass is 16.1. The van der Waals surface area contributed by atoms with Gasteiger partial charge in [-0.3, -0.25) is 9.20 Å². The fourth-order valence-corrected chi connectivity index (χ4v) is 3.26. The number of likely N-dealkylation sites (tertiary alicyclic amines) is 1. The minimum absolute atomic E-state index is 0.0602. The molecule has 2 aromatic heterocycles. The maximum Gasteiger partial charge on any atom is 0.270 e. The van der Waals surface area contributed by atoms with Gasteiger partial charge in [0, 0.05) is 25.5 Å². The largest absolute Gasteiger partial charge is 0.350 e. The van der Waals surface area contributed by atoms with Crippen LogP contribution in [-0.2, 0) is 0 Å². The molecule has 1 aliphatic rings. The van der Waals surface area contributed by atoms with E-state index in [1.807, 2.05) is 19.2 Å². The zero-order valence-electron chi connectivity index (χ0n) is 14.0. The van der Waals surface area contributed by atoms with Gasteiger partial charge >= 0.3 is 0 Å². The summed E-state index contributed by atoms with van der Waals surface area (Å²) in [5.74, 6) is 1.06. The third kappa shape index (κ3) is 3.52. The molecule has 1 unspecified atom stereocenters. The maximum atomic E-state index is 12.5. The second kappa shape index (κ2) is 7.08. The number of amides is 1. The van der Waals surface area contributed by atoms with Crippen LogP contribution in [0.3, 0.4) is 0 Å². The van der Waals surface area contributed by atoms with E-state index in [4.69, 9.17) is 0 Å². The molecule has 6 nitrogen and oxygen atoms in total. The van der Waals surface area contributed by atoms with Gasteiger partial charge in [-0.25, -0.2) is 9.97 Å². The monoisotopic (exact) mass is 315 g/mol. The van der Waals surface area contributed by atoms with Gasteiger partial charge in [0.1, 0.15) is 5.69 Å². The predicted octanol–water partition coefficient (Wildman–Crippen LogP) is 1.89. The van der Waals surface area contributed by atoms with E-state index in [2.05, 4.69) is 27.1 Å². The Labute approximate surface area is 136 Å². The Morgan fingerprint density at radius 2 is 2.35 bits per heavy atom. The summed E-state index contributed by atoms with van der Waals surface area (Å²) >= 11 is 0.